The van der Waals surface area contributed by atoms with E-state index in [1.54, 1.807) is 6.92 Å². The largest absolute Gasteiger partial charge is 0.492 e. The van der Waals surface area contributed by atoms with E-state index in [2.05, 4.69) is 10.2 Å². The summed E-state index contributed by atoms with van der Waals surface area (Å²) in [4.78, 5) is 0. The quantitative estimate of drug-likeness (QED) is 0.475. The van der Waals surface area contributed by atoms with Gasteiger partial charge in [0.15, 0.2) is 5.65 Å². The summed E-state index contributed by atoms with van der Waals surface area (Å²) < 4.78 is 62.3. The molecular weight excluding hydrogens is 410 g/mol. The Hall–Kier alpha value is -2.35. The van der Waals surface area contributed by atoms with Crippen LogP contribution in [0.15, 0.2) is 30.5 Å². The Bertz CT molecular complexity index is 1030. The number of pyridine rings is 1. The van der Waals surface area contributed by atoms with Gasteiger partial charge in [0.2, 0.25) is 0 Å². The van der Waals surface area contributed by atoms with Gasteiger partial charge < -0.3 is 4.74 Å². The lowest BCUT2D eigenvalue weighted by Gasteiger charge is -2.19. The minimum atomic E-state index is -4.68. The van der Waals surface area contributed by atoms with Crippen LogP contribution in [0, 0.1) is 11.7 Å². The molecule has 4 nitrogen and oxygen atoms in total. The zero-order valence-corrected chi connectivity index (χ0v) is 16.3. The maximum Gasteiger partial charge on any atom is 0.423 e. The molecule has 0 radical (unpaired) electrons. The van der Waals surface area contributed by atoms with Gasteiger partial charge in [-0.2, -0.15) is 13.2 Å². The smallest absolute Gasteiger partial charge is 0.423 e. The highest BCUT2D eigenvalue weighted by Crippen LogP contribution is 2.40. The van der Waals surface area contributed by atoms with E-state index in [-0.39, 0.29) is 28.6 Å². The highest BCUT2D eigenvalue weighted by atomic mass is 35.5. The van der Waals surface area contributed by atoms with E-state index < -0.39 is 23.5 Å². The Morgan fingerprint density at radius 3 is 2.66 bits per heavy atom. The summed E-state index contributed by atoms with van der Waals surface area (Å²) >= 11 is 6.04. The zero-order valence-electron chi connectivity index (χ0n) is 15.5. The summed E-state index contributed by atoms with van der Waals surface area (Å²) in [6.45, 7) is 1.46. The first-order valence-corrected chi connectivity index (χ1v) is 9.64. The highest BCUT2D eigenvalue weighted by Gasteiger charge is 2.39. The van der Waals surface area contributed by atoms with Gasteiger partial charge in [0.25, 0.3) is 0 Å². The van der Waals surface area contributed by atoms with E-state index in [0.717, 1.165) is 12.8 Å². The van der Waals surface area contributed by atoms with Gasteiger partial charge >= 0.3 is 6.18 Å². The second-order valence-corrected chi connectivity index (χ2v) is 7.76. The molecule has 0 saturated heterocycles. The molecule has 9 heteroatoms. The van der Waals surface area contributed by atoms with Gasteiger partial charge in [0.1, 0.15) is 23.0 Å². The van der Waals surface area contributed by atoms with Crippen LogP contribution < -0.4 is 4.74 Å². The Morgan fingerprint density at radius 1 is 1.24 bits per heavy atom. The number of ether oxygens (including phenoxy) is 1. The molecule has 0 spiro atoms. The summed E-state index contributed by atoms with van der Waals surface area (Å²) in [5.74, 6) is -0.480. The maximum atomic E-state index is 14.1. The molecule has 1 fully saturated rings. The fourth-order valence-corrected chi connectivity index (χ4v) is 3.72. The molecule has 0 bridgehead atoms. The molecule has 0 aliphatic heterocycles. The van der Waals surface area contributed by atoms with E-state index in [1.165, 1.54) is 34.9 Å². The van der Waals surface area contributed by atoms with Crippen molar-refractivity contribution in [1.82, 2.24) is 14.6 Å². The highest BCUT2D eigenvalue weighted by molar-refractivity contribution is 6.31. The minimum Gasteiger partial charge on any atom is -0.492 e. The molecule has 2 heterocycles. The number of halogens is 5. The first-order valence-electron chi connectivity index (χ1n) is 9.26. The average molecular weight is 428 g/mol. The van der Waals surface area contributed by atoms with Crippen molar-refractivity contribution in [2.75, 3.05) is 6.61 Å². The van der Waals surface area contributed by atoms with E-state index in [0.29, 0.717) is 18.2 Å². The number of hydrogen-bond acceptors (Lipinski definition) is 3. The first kappa shape index (κ1) is 19.9. The molecule has 154 valence electrons. The predicted molar refractivity (Wildman–Crippen MR) is 99.7 cm³/mol. The Morgan fingerprint density at radius 2 is 2.00 bits per heavy atom. The van der Waals surface area contributed by atoms with E-state index >= 15 is 0 Å². The van der Waals surface area contributed by atoms with E-state index in [1.807, 2.05) is 0 Å². The lowest BCUT2D eigenvalue weighted by Crippen LogP contribution is -2.15. The van der Waals surface area contributed by atoms with Gasteiger partial charge in [0.05, 0.1) is 6.61 Å². The summed E-state index contributed by atoms with van der Waals surface area (Å²) in [5.41, 5.74) is -1.07. The van der Waals surface area contributed by atoms with Crippen molar-refractivity contribution >= 4 is 17.2 Å². The van der Waals surface area contributed by atoms with E-state index in [9.17, 15) is 17.6 Å². The molecule has 0 N–H and O–H groups in total. The predicted octanol–water partition coefficient (Wildman–Crippen LogP) is 5.68. The second-order valence-electron chi connectivity index (χ2n) is 7.36. The molecule has 1 aromatic carbocycles. The van der Waals surface area contributed by atoms with Gasteiger partial charge in [-0.25, -0.2) is 4.39 Å². The van der Waals surface area contributed by atoms with Gasteiger partial charge in [-0.05, 0) is 37.0 Å². The van der Waals surface area contributed by atoms with E-state index in [4.69, 9.17) is 16.3 Å². The van der Waals surface area contributed by atoms with Crippen LogP contribution in [0.25, 0.3) is 5.65 Å². The Kier molecular flexibility index (Phi) is 5.14. The first-order chi connectivity index (χ1) is 13.8. The number of nitrogens with zero attached hydrogens (tertiary/aromatic N) is 3. The number of alkyl halides is 3. The molecular formula is C20H18ClF4N3O. The van der Waals surface area contributed by atoms with Gasteiger partial charge in [0, 0.05) is 29.1 Å². The number of hydrogen-bond donors (Lipinski definition) is 0. The second kappa shape index (κ2) is 7.48. The Labute approximate surface area is 169 Å². The zero-order chi connectivity index (χ0) is 20.8. The molecule has 1 aliphatic rings. The summed E-state index contributed by atoms with van der Waals surface area (Å²) in [6.07, 6.45) is -0.488. The van der Waals surface area contributed by atoms with Gasteiger partial charge in [-0.15, -0.1) is 10.2 Å². The number of rotatable bonds is 6. The van der Waals surface area contributed by atoms with Crippen LogP contribution in [-0.2, 0) is 12.6 Å². The molecule has 1 saturated carbocycles. The van der Waals surface area contributed by atoms with Crippen LogP contribution in [0.2, 0.25) is 5.02 Å². The molecule has 1 atom stereocenters. The molecule has 4 rings (SSSR count). The fraction of sp³-hybridized carbons (Fsp3) is 0.400. The number of aromatic nitrogens is 3. The van der Waals surface area contributed by atoms with Crippen molar-refractivity contribution in [3.05, 3.63) is 58.3 Å². The lowest BCUT2D eigenvalue weighted by atomic mass is 10.0. The van der Waals surface area contributed by atoms with Gasteiger partial charge in [-0.1, -0.05) is 24.6 Å². The third kappa shape index (κ3) is 4.03. The molecule has 1 aliphatic carbocycles. The van der Waals surface area contributed by atoms with Crippen molar-refractivity contribution in [2.45, 2.75) is 38.3 Å². The van der Waals surface area contributed by atoms with Crippen LogP contribution in [0.3, 0.4) is 0 Å². The summed E-state index contributed by atoms with van der Waals surface area (Å²) in [5, 5.41) is 7.92. The lowest BCUT2D eigenvalue weighted by molar-refractivity contribution is -0.138. The number of fused-ring (bicyclic) bond motifs is 1. The fourth-order valence-electron chi connectivity index (χ4n) is 3.37. The molecule has 29 heavy (non-hydrogen) atoms. The molecule has 2 aromatic heterocycles. The van der Waals surface area contributed by atoms with Crippen molar-refractivity contribution in [3.8, 4) is 5.75 Å². The van der Waals surface area contributed by atoms with Crippen LogP contribution in [0.5, 0.6) is 5.75 Å². The third-order valence-corrected chi connectivity index (χ3v) is 5.37. The topological polar surface area (TPSA) is 39.4 Å². The third-order valence-electron chi connectivity index (χ3n) is 5.04. The number of benzene rings is 1. The molecule has 0 unspecified atom stereocenters. The monoisotopic (exact) mass is 427 g/mol. The molecule has 0 amide bonds. The SMILES string of the molecule is C[C@@H](COc1ccn2c(CC3CC3)nnc2c1C(F)(F)F)c1c(F)cccc1Cl. The van der Waals surface area contributed by atoms with Crippen LogP contribution in [0.1, 0.15) is 42.6 Å². The van der Waals surface area contributed by atoms with Crippen molar-refractivity contribution < 1.29 is 22.3 Å². The Balaban J connectivity index is 1.64. The van der Waals surface area contributed by atoms with Crippen LogP contribution in [-0.4, -0.2) is 21.2 Å². The molecule has 3 aromatic rings. The summed E-state index contributed by atoms with van der Waals surface area (Å²) in [7, 11) is 0. The van der Waals surface area contributed by atoms with Crippen molar-refractivity contribution in [3.63, 3.8) is 0 Å². The minimum absolute atomic E-state index is 0.178. The standard InChI is InChI=1S/C20H18ClF4N3O/c1-11(17-13(21)3-2-4-14(17)22)10-29-15-7-8-28-16(9-12-5-6-12)26-27-19(28)18(15)20(23,24)25/h2-4,7-8,11-12H,5-6,9-10H2,1H3/t11-/m0/s1. The van der Waals surface area contributed by atoms with Crippen molar-refractivity contribution in [2.24, 2.45) is 5.92 Å². The van der Waals surface area contributed by atoms with Gasteiger partial charge in [-0.3, -0.25) is 4.40 Å². The van der Waals surface area contributed by atoms with Crippen LogP contribution >= 0.6 is 11.6 Å². The van der Waals surface area contributed by atoms with Crippen LogP contribution in [0.4, 0.5) is 17.6 Å². The summed E-state index contributed by atoms with van der Waals surface area (Å²) in [6, 6.07) is 5.50. The average Bonchev–Trinajstić information content (AvgIpc) is 3.37. The maximum absolute atomic E-state index is 14.1. The normalized spacial score (nSPS) is 15.7. The van der Waals surface area contributed by atoms with Crippen molar-refractivity contribution in [1.29, 1.82) is 0 Å².